The van der Waals surface area contributed by atoms with Crippen molar-refractivity contribution in [3.8, 4) is 5.75 Å². The van der Waals surface area contributed by atoms with Crippen LogP contribution in [-0.2, 0) is 13.0 Å². The Hall–Kier alpha value is -1.39. The summed E-state index contributed by atoms with van der Waals surface area (Å²) in [5, 5.41) is 0. The summed E-state index contributed by atoms with van der Waals surface area (Å²) in [5.74, 6) is -0.0932. The molecule has 0 amide bonds. The van der Waals surface area contributed by atoms with Gasteiger partial charge in [-0.1, -0.05) is 40.2 Å². The van der Waals surface area contributed by atoms with Crippen LogP contribution in [-0.4, -0.2) is 6.04 Å². The molecule has 0 saturated carbocycles. The molecule has 0 saturated heterocycles. The van der Waals surface area contributed by atoms with E-state index < -0.39 is 0 Å². The topological polar surface area (TPSA) is 35.2 Å². The highest BCUT2D eigenvalue weighted by atomic mass is 79.9. The minimum Gasteiger partial charge on any atom is -0.486 e. The Morgan fingerprint density at radius 1 is 1.25 bits per heavy atom. The molecule has 0 aliphatic heterocycles. The molecule has 0 bridgehead atoms. The monoisotopic (exact) mass is 337 g/mol. The van der Waals surface area contributed by atoms with E-state index in [1.54, 1.807) is 6.07 Å². The second-order valence-electron chi connectivity index (χ2n) is 4.83. The standard InChI is InChI=1S/C16H17BrFNO/c1-11(19)8-12-6-7-16(15(18)9-12)20-10-13-4-2-3-5-14(13)17/h2-7,9,11H,8,10,19H2,1H3. The molecule has 0 radical (unpaired) electrons. The van der Waals surface area contributed by atoms with Crippen LogP contribution in [0.5, 0.6) is 5.75 Å². The molecular weight excluding hydrogens is 321 g/mol. The van der Waals surface area contributed by atoms with Gasteiger partial charge in [-0.25, -0.2) is 4.39 Å². The first kappa shape index (κ1) is 15.0. The maximum atomic E-state index is 13.9. The molecule has 106 valence electrons. The van der Waals surface area contributed by atoms with Gasteiger partial charge in [0.1, 0.15) is 6.61 Å². The first-order valence-corrected chi connectivity index (χ1v) is 7.26. The fraction of sp³-hybridized carbons (Fsp3) is 0.250. The smallest absolute Gasteiger partial charge is 0.165 e. The van der Waals surface area contributed by atoms with Crippen LogP contribution in [0, 0.1) is 5.82 Å². The van der Waals surface area contributed by atoms with Crippen LogP contribution in [0.2, 0.25) is 0 Å². The minimum absolute atomic E-state index is 0.0152. The third-order valence-corrected chi connectivity index (χ3v) is 3.67. The quantitative estimate of drug-likeness (QED) is 0.892. The molecule has 4 heteroatoms. The first-order chi connectivity index (χ1) is 9.56. The van der Waals surface area contributed by atoms with Crippen LogP contribution < -0.4 is 10.5 Å². The SMILES string of the molecule is CC(N)Cc1ccc(OCc2ccccc2Br)c(F)c1. The second-order valence-corrected chi connectivity index (χ2v) is 5.68. The van der Waals surface area contributed by atoms with Gasteiger partial charge in [0.05, 0.1) is 0 Å². The molecule has 0 aromatic heterocycles. The van der Waals surface area contributed by atoms with E-state index in [0.717, 1.165) is 15.6 Å². The van der Waals surface area contributed by atoms with Gasteiger partial charge in [-0.2, -0.15) is 0 Å². The van der Waals surface area contributed by atoms with Crippen molar-refractivity contribution in [2.24, 2.45) is 5.73 Å². The average Bonchev–Trinajstić information content (AvgIpc) is 2.39. The lowest BCUT2D eigenvalue weighted by Crippen LogP contribution is -2.17. The summed E-state index contributed by atoms with van der Waals surface area (Å²) in [6.45, 7) is 2.22. The molecule has 0 spiro atoms. The molecule has 2 rings (SSSR count). The van der Waals surface area contributed by atoms with E-state index >= 15 is 0 Å². The predicted molar refractivity (Wildman–Crippen MR) is 82.2 cm³/mol. The van der Waals surface area contributed by atoms with E-state index in [4.69, 9.17) is 10.5 Å². The van der Waals surface area contributed by atoms with Gasteiger partial charge in [0.15, 0.2) is 11.6 Å². The molecule has 1 atom stereocenters. The molecule has 2 aromatic carbocycles. The summed E-state index contributed by atoms with van der Waals surface area (Å²) < 4.78 is 20.4. The summed E-state index contributed by atoms with van der Waals surface area (Å²) in [6, 6.07) is 12.7. The van der Waals surface area contributed by atoms with Crippen LogP contribution in [0.4, 0.5) is 4.39 Å². The zero-order valence-electron chi connectivity index (χ0n) is 11.3. The van der Waals surface area contributed by atoms with Crippen molar-refractivity contribution in [1.82, 2.24) is 0 Å². The zero-order valence-corrected chi connectivity index (χ0v) is 12.9. The Morgan fingerprint density at radius 3 is 2.65 bits per heavy atom. The number of ether oxygens (including phenoxy) is 1. The molecule has 2 N–H and O–H groups in total. The Kier molecular flexibility index (Phi) is 5.15. The second kappa shape index (κ2) is 6.86. The normalized spacial score (nSPS) is 12.2. The van der Waals surface area contributed by atoms with E-state index in [9.17, 15) is 4.39 Å². The van der Waals surface area contributed by atoms with Gasteiger partial charge in [0.25, 0.3) is 0 Å². The zero-order chi connectivity index (χ0) is 14.5. The fourth-order valence-corrected chi connectivity index (χ4v) is 2.33. The Labute approximate surface area is 126 Å². The number of hydrogen-bond donors (Lipinski definition) is 1. The van der Waals surface area contributed by atoms with Crippen LogP contribution >= 0.6 is 15.9 Å². The number of halogens is 2. The number of nitrogens with two attached hydrogens (primary N) is 1. The van der Waals surface area contributed by atoms with Crippen LogP contribution in [0.25, 0.3) is 0 Å². The average molecular weight is 338 g/mol. The summed E-state index contributed by atoms with van der Waals surface area (Å²) >= 11 is 3.44. The Balaban J connectivity index is 2.05. The molecule has 0 fully saturated rings. The lowest BCUT2D eigenvalue weighted by molar-refractivity contribution is 0.289. The van der Waals surface area contributed by atoms with Crippen molar-refractivity contribution >= 4 is 15.9 Å². The first-order valence-electron chi connectivity index (χ1n) is 6.46. The van der Waals surface area contributed by atoms with E-state index in [1.807, 2.05) is 37.3 Å². The lowest BCUT2D eigenvalue weighted by Gasteiger charge is -2.11. The summed E-state index contributed by atoms with van der Waals surface area (Å²) in [5.41, 5.74) is 7.56. The van der Waals surface area contributed by atoms with Crippen LogP contribution in [0.15, 0.2) is 46.9 Å². The van der Waals surface area contributed by atoms with Crippen molar-refractivity contribution in [1.29, 1.82) is 0 Å². The fourth-order valence-electron chi connectivity index (χ4n) is 1.93. The van der Waals surface area contributed by atoms with Crippen molar-refractivity contribution < 1.29 is 9.13 Å². The largest absolute Gasteiger partial charge is 0.486 e. The number of benzene rings is 2. The maximum Gasteiger partial charge on any atom is 0.165 e. The Bertz CT molecular complexity index is 586. The number of rotatable bonds is 5. The van der Waals surface area contributed by atoms with Crippen LogP contribution in [0.3, 0.4) is 0 Å². The third kappa shape index (κ3) is 4.05. The van der Waals surface area contributed by atoms with Gasteiger partial charge < -0.3 is 10.5 Å². The number of hydrogen-bond acceptors (Lipinski definition) is 2. The molecule has 20 heavy (non-hydrogen) atoms. The minimum atomic E-state index is -0.352. The van der Waals surface area contributed by atoms with E-state index in [0.29, 0.717) is 13.0 Å². The molecular formula is C16H17BrFNO. The highest BCUT2D eigenvalue weighted by Crippen LogP contribution is 2.22. The van der Waals surface area contributed by atoms with Crippen molar-refractivity contribution in [2.45, 2.75) is 26.0 Å². The van der Waals surface area contributed by atoms with Crippen molar-refractivity contribution in [3.05, 3.63) is 63.9 Å². The van der Waals surface area contributed by atoms with Gasteiger partial charge in [0, 0.05) is 16.1 Å². The molecule has 2 aromatic rings. The van der Waals surface area contributed by atoms with Gasteiger partial charge in [-0.15, -0.1) is 0 Å². The van der Waals surface area contributed by atoms with Gasteiger partial charge in [-0.05, 0) is 37.1 Å². The van der Waals surface area contributed by atoms with Crippen molar-refractivity contribution in [3.63, 3.8) is 0 Å². The lowest BCUT2D eigenvalue weighted by atomic mass is 10.1. The van der Waals surface area contributed by atoms with E-state index in [1.165, 1.54) is 6.07 Å². The van der Waals surface area contributed by atoms with Gasteiger partial charge in [-0.3, -0.25) is 0 Å². The molecule has 0 aliphatic carbocycles. The van der Waals surface area contributed by atoms with Crippen LogP contribution in [0.1, 0.15) is 18.1 Å². The highest BCUT2D eigenvalue weighted by molar-refractivity contribution is 9.10. The summed E-state index contributed by atoms with van der Waals surface area (Å²) in [4.78, 5) is 0. The third-order valence-electron chi connectivity index (χ3n) is 2.89. The summed E-state index contributed by atoms with van der Waals surface area (Å²) in [6.07, 6.45) is 0.654. The van der Waals surface area contributed by atoms with E-state index in [2.05, 4.69) is 15.9 Å². The molecule has 0 aliphatic rings. The van der Waals surface area contributed by atoms with Crippen molar-refractivity contribution in [2.75, 3.05) is 0 Å². The van der Waals surface area contributed by atoms with Gasteiger partial charge in [0.2, 0.25) is 0 Å². The predicted octanol–water partition coefficient (Wildman–Crippen LogP) is 4.06. The van der Waals surface area contributed by atoms with E-state index in [-0.39, 0.29) is 17.6 Å². The highest BCUT2D eigenvalue weighted by Gasteiger charge is 2.07. The Morgan fingerprint density at radius 2 is 2.00 bits per heavy atom. The molecule has 1 unspecified atom stereocenters. The summed E-state index contributed by atoms with van der Waals surface area (Å²) in [7, 11) is 0. The maximum absolute atomic E-state index is 13.9. The van der Waals surface area contributed by atoms with Gasteiger partial charge >= 0.3 is 0 Å². The molecule has 2 nitrogen and oxygen atoms in total. The molecule has 0 heterocycles.